The van der Waals surface area contributed by atoms with Crippen molar-refractivity contribution in [3.05, 3.63) is 29.8 Å². The summed E-state index contributed by atoms with van der Waals surface area (Å²) in [6, 6.07) is 7.71. The number of carbonyl (C=O) groups excluding carboxylic acids is 2. The summed E-state index contributed by atoms with van der Waals surface area (Å²) < 4.78 is 10.9. The number of rotatable bonds is 3. The van der Waals surface area contributed by atoms with Gasteiger partial charge in [-0.15, -0.1) is 0 Å². The van der Waals surface area contributed by atoms with E-state index in [1.807, 2.05) is 29.2 Å². The molecule has 0 spiro atoms. The lowest BCUT2D eigenvalue weighted by atomic mass is 9.97. The van der Waals surface area contributed by atoms with Gasteiger partial charge < -0.3 is 14.4 Å². The molecule has 2 aliphatic heterocycles. The van der Waals surface area contributed by atoms with Crippen LogP contribution >= 0.6 is 0 Å². The predicted octanol–water partition coefficient (Wildman–Crippen LogP) is 2.57. The Balaban J connectivity index is 1.47. The Morgan fingerprint density at radius 3 is 2.58 bits per heavy atom. The Labute approximate surface area is 142 Å². The molecule has 1 saturated heterocycles. The fourth-order valence-electron chi connectivity index (χ4n) is 3.32. The maximum absolute atomic E-state index is 12.3. The lowest BCUT2D eigenvalue weighted by Crippen LogP contribution is -2.38. The molecule has 2 aliphatic rings. The van der Waals surface area contributed by atoms with E-state index in [4.69, 9.17) is 9.47 Å². The maximum Gasteiger partial charge on any atom is 0.313 e. The molecule has 1 aromatic carbocycles. The molecule has 1 fully saturated rings. The average Bonchev–Trinajstić information content (AvgIpc) is 2.58. The standard InChI is InChI=1S/C19H25NO4/c21-18(20-10-6-2-1-3-7-11-20)14-24-19(22)16-12-15-8-4-5-9-17(15)23-13-16/h4-5,8-9,16H,1-3,6-7,10-14H2. The molecule has 5 nitrogen and oxygen atoms in total. The minimum Gasteiger partial charge on any atom is -0.492 e. The molecule has 0 aliphatic carbocycles. The molecule has 24 heavy (non-hydrogen) atoms. The first-order valence-electron chi connectivity index (χ1n) is 8.89. The molecule has 0 aromatic heterocycles. The van der Waals surface area contributed by atoms with E-state index in [0.29, 0.717) is 13.0 Å². The van der Waals surface area contributed by atoms with Gasteiger partial charge in [-0.2, -0.15) is 0 Å². The van der Waals surface area contributed by atoms with Crippen LogP contribution in [0.4, 0.5) is 0 Å². The number of hydrogen-bond acceptors (Lipinski definition) is 4. The van der Waals surface area contributed by atoms with Gasteiger partial charge in [-0.05, 0) is 30.9 Å². The predicted molar refractivity (Wildman–Crippen MR) is 89.8 cm³/mol. The number of fused-ring (bicyclic) bond motifs is 1. The molecule has 0 N–H and O–H groups in total. The van der Waals surface area contributed by atoms with E-state index in [0.717, 1.165) is 37.2 Å². The lowest BCUT2D eigenvalue weighted by Gasteiger charge is -2.26. The molecule has 3 rings (SSSR count). The summed E-state index contributed by atoms with van der Waals surface area (Å²) in [5.41, 5.74) is 1.01. The van der Waals surface area contributed by atoms with Crippen LogP contribution < -0.4 is 4.74 Å². The van der Waals surface area contributed by atoms with Gasteiger partial charge in [-0.3, -0.25) is 9.59 Å². The number of amides is 1. The van der Waals surface area contributed by atoms with Crippen molar-refractivity contribution < 1.29 is 19.1 Å². The second-order valence-corrected chi connectivity index (χ2v) is 6.58. The highest BCUT2D eigenvalue weighted by Crippen LogP contribution is 2.27. The third-order valence-electron chi connectivity index (χ3n) is 4.76. The quantitative estimate of drug-likeness (QED) is 0.799. The van der Waals surface area contributed by atoms with Crippen molar-refractivity contribution in [2.75, 3.05) is 26.3 Å². The summed E-state index contributed by atoms with van der Waals surface area (Å²) in [5, 5.41) is 0. The molecule has 1 aromatic rings. The normalized spacial score (nSPS) is 21.0. The van der Waals surface area contributed by atoms with Gasteiger partial charge in [0.2, 0.25) is 0 Å². The number of nitrogens with zero attached hydrogens (tertiary/aromatic N) is 1. The van der Waals surface area contributed by atoms with E-state index < -0.39 is 0 Å². The van der Waals surface area contributed by atoms with Crippen LogP contribution in [0.15, 0.2) is 24.3 Å². The third-order valence-corrected chi connectivity index (χ3v) is 4.76. The van der Waals surface area contributed by atoms with Crippen molar-refractivity contribution in [1.29, 1.82) is 0 Å². The second-order valence-electron chi connectivity index (χ2n) is 6.58. The Hall–Kier alpha value is -2.04. The number of esters is 1. The Morgan fingerprint density at radius 2 is 1.79 bits per heavy atom. The molecule has 1 atom stereocenters. The van der Waals surface area contributed by atoms with Gasteiger partial charge in [-0.25, -0.2) is 0 Å². The number of hydrogen-bond donors (Lipinski definition) is 0. The van der Waals surface area contributed by atoms with Gasteiger partial charge in [-0.1, -0.05) is 37.5 Å². The number of carbonyl (C=O) groups is 2. The van der Waals surface area contributed by atoms with E-state index in [9.17, 15) is 9.59 Å². The summed E-state index contributed by atoms with van der Waals surface area (Å²) >= 11 is 0. The monoisotopic (exact) mass is 331 g/mol. The van der Waals surface area contributed by atoms with Crippen LogP contribution in [0.3, 0.4) is 0 Å². The van der Waals surface area contributed by atoms with E-state index >= 15 is 0 Å². The molecule has 130 valence electrons. The fourth-order valence-corrected chi connectivity index (χ4v) is 3.32. The number of benzene rings is 1. The van der Waals surface area contributed by atoms with Gasteiger partial charge in [0.1, 0.15) is 12.4 Å². The SMILES string of the molecule is O=C(OCC(=O)N1CCCCCCC1)C1COc2ccccc2C1. The van der Waals surface area contributed by atoms with Gasteiger partial charge in [0.15, 0.2) is 6.61 Å². The third kappa shape index (κ3) is 4.28. The molecule has 1 amide bonds. The first-order valence-corrected chi connectivity index (χ1v) is 8.89. The Morgan fingerprint density at radius 1 is 1.08 bits per heavy atom. The van der Waals surface area contributed by atoms with E-state index in [-0.39, 0.29) is 24.4 Å². The Bertz CT molecular complexity index is 578. The topological polar surface area (TPSA) is 55.8 Å². The molecule has 5 heteroatoms. The highest BCUT2D eigenvalue weighted by atomic mass is 16.5. The molecular formula is C19H25NO4. The fraction of sp³-hybridized carbons (Fsp3) is 0.579. The van der Waals surface area contributed by atoms with Crippen molar-refractivity contribution in [3.8, 4) is 5.75 Å². The number of para-hydroxylation sites is 1. The van der Waals surface area contributed by atoms with Crippen molar-refractivity contribution in [3.63, 3.8) is 0 Å². The highest BCUT2D eigenvalue weighted by molar-refractivity contribution is 5.81. The molecule has 1 unspecified atom stereocenters. The molecule has 2 heterocycles. The number of ether oxygens (including phenoxy) is 2. The summed E-state index contributed by atoms with van der Waals surface area (Å²) in [6.07, 6.45) is 6.26. The maximum atomic E-state index is 12.3. The van der Waals surface area contributed by atoms with Crippen molar-refractivity contribution in [2.45, 2.75) is 38.5 Å². The van der Waals surface area contributed by atoms with Crippen LogP contribution in [0, 0.1) is 5.92 Å². The van der Waals surface area contributed by atoms with E-state index in [1.54, 1.807) is 0 Å². The van der Waals surface area contributed by atoms with Gasteiger partial charge in [0, 0.05) is 13.1 Å². The first-order chi connectivity index (χ1) is 11.7. The van der Waals surface area contributed by atoms with Crippen molar-refractivity contribution in [2.24, 2.45) is 5.92 Å². The average molecular weight is 331 g/mol. The minimum absolute atomic E-state index is 0.0811. The summed E-state index contributed by atoms with van der Waals surface area (Å²) in [7, 11) is 0. The minimum atomic E-state index is -0.343. The van der Waals surface area contributed by atoms with Crippen LogP contribution in [0.1, 0.15) is 37.7 Å². The molecule has 0 bridgehead atoms. The van der Waals surface area contributed by atoms with Crippen LogP contribution in [-0.2, 0) is 20.7 Å². The zero-order chi connectivity index (χ0) is 16.8. The summed E-state index contributed by atoms with van der Waals surface area (Å²) in [6.45, 7) is 1.71. The van der Waals surface area contributed by atoms with E-state index in [2.05, 4.69) is 0 Å². The lowest BCUT2D eigenvalue weighted by molar-refractivity contribution is -0.156. The zero-order valence-electron chi connectivity index (χ0n) is 14.0. The Kier molecular flexibility index (Phi) is 5.72. The molecular weight excluding hydrogens is 306 g/mol. The van der Waals surface area contributed by atoms with Crippen molar-refractivity contribution >= 4 is 11.9 Å². The van der Waals surface area contributed by atoms with Crippen LogP contribution in [0.2, 0.25) is 0 Å². The largest absolute Gasteiger partial charge is 0.492 e. The van der Waals surface area contributed by atoms with Crippen LogP contribution in [0.5, 0.6) is 5.75 Å². The smallest absolute Gasteiger partial charge is 0.313 e. The number of likely N-dealkylation sites (tertiary alicyclic amines) is 1. The molecule has 0 radical (unpaired) electrons. The molecule has 0 saturated carbocycles. The van der Waals surface area contributed by atoms with E-state index in [1.165, 1.54) is 19.3 Å². The summed E-state index contributed by atoms with van der Waals surface area (Å²) in [5.74, 6) is 0.0746. The van der Waals surface area contributed by atoms with Gasteiger partial charge in [0.05, 0.1) is 5.92 Å². The van der Waals surface area contributed by atoms with Crippen molar-refractivity contribution in [1.82, 2.24) is 4.90 Å². The second kappa shape index (κ2) is 8.18. The van der Waals surface area contributed by atoms with Gasteiger partial charge >= 0.3 is 5.97 Å². The van der Waals surface area contributed by atoms with Crippen LogP contribution in [0.25, 0.3) is 0 Å². The van der Waals surface area contributed by atoms with Crippen LogP contribution in [-0.4, -0.2) is 43.1 Å². The summed E-state index contributed by atoms with van der Waals surface area (Å²) in [4.78, 5) is 26.3. The van der Waals surface area contributed by atoms with Gasteiger partial charge in [0.25, 0.3) is 5.91 Å². The first kappa shape index (κ1) is 16.8. The highest BCUT2D eigenvalue weighted by Gasteiger charge is 2.28. The zero-order valence-corrected chi connectivity index (χ0v) is 14.0.